The molecule has 29 heavy (non-hydrogen) atoms. The van der Waals surface area contributed by atoms with Gasteiger partial charge in [0.05, 0.1) is 23.1 Å². The van der Waals surface area contributed by atoms with Gasteiger partial charge in [0.2, 0.25) is 0 Å². The van der Waals surface area contributed by atoms with E-state index in [0.29, 0.717) is 22.5 Å². The van der Waals surface area contributed by atoms with Crippen molar-refractivity contribution in [1.82, 2.24) is 14.7 Å². The molecule has 1 aromatic heterocycles. The zero-order valence-corrected chi connectivity index (χ0v) is 16.8. The van der Waals surface area contributed by atoms with Gasteiger partial charge in [-0.2, -0.15) is 5.10 Å². The Bertz CT molecular complexity index is 1040. The third-order valence-electron chi connectivity index (χ3n) is 4.44. The van der Waals surface area contributed by atoms with Crippen LogP contribution in [0.15, 0.2) is 54.7 Å². The average molecular weight is 394 g/mol. The quantitative estimate of drug-likeness (QED) is 0.709. The summed E-state index contributed by atoms with van der Waals surface area (Å²) in [4.78, 5) is 26.6. The number of rotatable bonds is 5. The SMILES string of the molecule is CC(C)c1c(C(=O)Nc2cccc(C(=O)N(C)C)c2)cnn1-c1ccc(F)cc1. The van der Waals surface area contributed by atoms with Crippen LogP contribution in [-0.4, -0.2) is 40.6 Å². The fourth-order valence-corrected chi connectivity index (χ4v) is 3.06. The zero-order valence-electron chi connectivity index (χ0n) is 16.8. The maximum atomic E-state index is 13.3. The van der Waals surface area contributed by atoms with E-state index in [0.717, 1.165) is 5.69 Å². The van der Waals surface area contributed by atoms with Crippen LogP contribution in [0.5, 0.6) is 0 Å². The van der Waals surface area contributed by atoms with E-state index in [4.69, 9.17) is 0 Å². The predicted octanol–water partition coefficient (Wildman–Crippen LogP) is 4.09. The average Bonchev–Trinajstić information content (AvgIpc) is 3.13. The fourth-order valence-electron chi connectivity index (χ4n) is 3.06. The van der Waals surface area contributed by atoms with Gasteiger partial charge < -0.3 is 10.2 Å². The lowest BCUT2D eigenvalue weighted by Crippen LogP contribution is -2.22. The Morgan fingerprint density at radius 3 is 2.41 bits per heavy atom. The zero-order chi connectivity index (χ0) is 21.1. The fraction of sp³-hybridized carbons (Fsp3) is 0.227. The van der Waals surface area contributed by atoms with Crippen molar-refractivity contribution >= 4 is 17.5 Å². The summed E-state index contributed by atoms with van der Waals surface area (Å²) in [5, 5.41) is 7.18. The van der Waals surface area contributed by atoms with E-state index in [1.165, 1.54) is 23.2 Å². The number of benzene rings is 2. The Morgan fingerprint density at radius 1 is 1.10 bits per heavy atom. The molecule has 6 nitrogen and oxygen atoms in total. The number of halogens is 1. The van der Waals surface area contributed by atoms with Crippen molar-refractivity contribution in [3.8, 4) is 5.69 Å². The lowest BCUT2D eigenvalue weighted by Gasteiger charge is -2.14. The molecule has 0 saturated heterocycles. The number of hydrogen-bond donors (Lipinski definition) is 1. The van der Waals surface area contributed by atoms with E-state index >= 15 is 0 Å². The molecule has 3 rings (SSSR count). The Kier molecular flexibility index (Phi) is 5.77. The van der Waals surface area contributed by atoms with E-state index in [9.17, 15) is 14.0 Å². The van der Waals surface area contributed by atoms with E-state index in [1.54, 1.807) is 55.2 Å². The van der Waals surface area contributed by atoms with Crippen LogP contribution in [0.1, 0.15) is 46.2 Å². The molecule has 0 aliphatic carbocycles. The van der Waals surface area contributed by atoms with E-state index < -0.39 is 0 Å². The van der Waals surface area contributed by atoms with Crippen LogP contribution in [0.3, 0.4) is 0 Å². The molecular weight excluding hydrogens is 371 g/mol. The number of amides is 2. The minimum Gasteiger partial charge on any atom is -0.345 e. The number of carbonyl (C=O) groups is 2. The maximum absolute atomic E-state index is 13.3. The first-order valence-electron chi connectivity index (χ1n) is 9.25. The first-order chi connectivity index (χ1) is 13.8. The largest absolute Gasteiger partial charge is 0.345 e. The molecular formula is C22H23FN4O2. The second-order valence-corrected chi connectivity index (χ2v) is 7.22. The summed E-state index contributed by atoms with van der Waals surface area (Å²) < 4.78 is 14.9. The molecule has 7 heteroatoms. The summed E-state index contributed by atoms with van der Waals surface area (Å²) in [7, 11) is 3.35. The standard InChI is InChI=1S/C22H23FN4O2/c1-14(2)20-19(13-24-27(20)18-10-8-16(23)9-11-18)21(28)25-17-7-5-6-15(12-17)22(29)26(3)4/h5-14H,1-4H3,(H,25,28). The molecule has 0 radical (unpaired) electrons. The molecule has 0 saturated carbocycles. The van der Waals surface area contributed by atoms with Crippen LogP contribution in [0.25, 0.3) is 5.69 Å². The molecule has 0 unspecified atom stereocenters. The van der Waals surface area contributed by atoms with E-state index in [2.05, 4.69) is 10.4 Å². The van der Waals surface area contributed by atoms with Gasteiger partial charge >= 0.3 is 0 Å². The first-order valence-corrected chi connectivity index (χ1v) is 9.25. The normalized spacial score (nSPS) is 10.8. The van der Waals surface area contributed by atoms with Gasteiger partial charge in [0.25, 0.3) is 11.8 Å². The second-order valence-electron chi connectivity index (χ2n) is 7.22. The van der Waals surface area contributed by atoms with Crippen LogP contribution in [0, 0.1) is 5.82 Å². The van der Waals surface area contributed by atoms with Gasteiger partial charge in [0.15, 0.2) is 0 Å². The summed E-state index contributed by atoms with van der Waals surface area (Å²) >= 11 is 0. The minimum atomic E-state index is -0.336. The van der Waals surface area contributed by atoms with Crippen molar-refractivity contribution in [3.05, 3.63) is 77.4 Å². The summed E-state index contributed by atoms with van der Waals surface area (Å²) in [5.74, 6) is -0.799. The van der Waals surface area contributed by atoms with Gasteiger partial charge in [-0.1, -0.05) is 19.9 Å². The molecule has 0 aliphatic rings. The van der Waals surface area contributed by atoms with Crippen LogP contribution >= 0.6 is 0 Å². The molecule has 150 valence electrons. The summed E-state index contributed by atoms with van der Waals surface area (Å²) in [6.45, 7) is 3.92. The molecule has 0 atom stereocenters. The highest BCUT2D eigenvalue weighted by Gasteiger charge is 2.21. The second kappa shape index (κ2) is 8.26. The highest BCUT2D eigenvalue weighted by atomic mass is 19.1. The Morgan fingerprint density at radius 2 is 1.79 bits per heavy atom. The monoisotopic (exact) mass is 394 g/mol. The molecule has 0 bridgehead atoms. The first kappa shape index (κ1) is 20.3. The number of nitrogens with one attached hydrogen (secondary N) is 1. The van der Waals surface area contributed by atoms with Crippen molar-refractivity contribution in [3.63, 3.8) is 0 Å². The summed E-state index contributed by atoms with van der Waals surface area (Å²) in [5.41, 5.74) is 2.82. The highest BCUT2D eigenvalue weighted by Crippen LogP contribution is 2.24. The topological polar surface area (TPSA) is 67.2 Å². The molecule has 1 N–H and O–H groups in total. The number of aromatic nitrogens is 2. The lowest BCUT2D eigenvalue weighted by atomic mass is 10.0. The molecule has 0 aliphatic heterocycles. The third kappa shape index (κ3) is 4.34. The number of anilines is 1. The maximum Gasteiger partial charge on any atom is 0.259 e. The van der Waals surface area contributed by atoms with Gasteiger partial charge in [0.1, 0.15) is 5.82 Å². The van der Waals surface area contributed by atoms with Crippen LogP contribution in [0.2, 0.25) is 0 Å². The molecule has 0 fully saturated rings. The van der Waals surface area contributed by atoms with Crippen molar-refractivity contribution < 1.29 is 14.0 Å². The van der Waals surface area contributed by atoms with Crippen molar-refractivity contribution in [2.24, 2.45) is 0 Å². The number of hydrogen-bond acceptors (Lipinski definition) is 3. The highest BCUT2D eigenvalue weighted by molar-refractivity contribution is 6.06. The van der Waals surface area contributed by atoms with Crippen LogP contribution in [0.4, 0.5) is 10.1 Å². The van der Waals surface area contributed by atoms with Gasteiger partial charge in [0, 0.05) is 25.3 Å². The lowest BCUT2D eigenvalue weighted by molar-refractivity contribution is 0.0827. The Labute approximate surface area is 169 Å². The number of carbonyl (C=O) groups excluding carboxylic acids is 2. The predicted molar refractivity (Wildman–Crippen MR) is 110 cm³/mol. The van der Waals surface area contributed by atoms with Gasteiger partial charge in [-0.25, -0.2) is 9.07 Å². The smallest absolute Gasteiger partial charge is 0.259 e. The van der Waals surface area contributed by atoms with Crippen molar-refractivity contribution in [1.29, 1.82) is 0 Å². The minimum absolute atomic E-state index is 0.00459. The summed E-state index contributed by atoms with van der Waals surface area (Å²) in [6.07, 6.45) is 1.50. The van der Waals surface area contributed by atoms with E-state index in [-0.39, 0.29) is 23.5 Å². The Balaban J connectivity index is 1.91. The van der Waals surface area contributed by atoms with Gasteiger partial charge in [-0.15, -0.1) is 0 Å². The van der Waals surface area contributed by atoms with Crippen LogP contribution in [-0.2, 0) is 0 Å². The third-order valence-corrected chi connectivity index (χ3v) is 4.44. The van der Waals surface area contributed by atoms with Gasteiger partial charge in [-0.3, -0.25) is 9.59 Å². The van der Waals surface area contributed by atoms with Gasteiger partial charge in [-0.05, 0) is 48.4 Å². The molecule has 2 amide bonds. The van der Waals surface area contributed by atoms with Crippen molar-refractivity contribution in [2.45, 2.75) is 19.8 Å². The molecule has 2 aromatic carbocycles. The molecule has 0 spiro atoms. The van der Waals surface area contributed by atoms with Crippen molar-refractivity contribution in [2.75, 3.05) is 19.4 Å². The van der Waals surface area contributed by atoms with E-state index in [1.807, 2.05) is 13.8 Å². The molecule has 3 aromatic rings. The Hall–Kier alpha value is -3.48. The van der Waals surface area contributed by atoms with Crippen LogP contribution < -0.4 is 5.32 Å². The number of nitrogens with zero attached hydrogens (tertiary/aromatic N) is 3. The summed E-state index contributed by atoms with van der Waals surface area (Å²) in [6, 6.07) is 12.7. The molecule has 1 heterocycles.